The molecule has 1 fully saturated rings. The van der Waals surface area contributed by atoms with Crippen LogP contribution in [0.1, 0.15) is 16.5 Å². The molecule has 0 unspecified atom stereocenters. The normalized spacial score (nSPS) is 17.3. The van der Waals surface area contributed by atoms with E-state index in [2.05, 4.69) is 0 Å². The number of hydrogen-bond donors (Lipinski definition) is 0. The molecule has 1 atom stereocenters. The first kappa shape index (κ1) is 18.2. The van der Waals surface area contributed by atoms with Crippen molar-refractivity contribution in [3.05, 3.63) is 70.5 Å². The minimum Gasteiger partial charge on any atom is -0.325 e. The summed E-state index contributed by atoms with van der Waals surface area (Å²) in [5.41, 5.74) is 2.04. The Morgan fingerprint density at radius 2 is 2.08 bits per heavy atom. The molecule has 0 radical (unpaired) electrons. The van der Waals surface area contributed by atoms with Gasteiger partial charge in [0.05, 0.1) is 6.54 Å². The molecule has 1 heterocycles. The van der Waals surface area contributed by atoms with Crippen LogP contribution in [0.15, 0.2) is 48.5 Å². The van der Waals surface area contributed by atoms with Gasteiger partial charge < -0.3 is 4.90 Å². The molecule has 0 bridgehead atoms. The fourth-order valence-corrected chi connectivity index (χ4v) is 4.44. The fraction of sp³-hybridized carbons (Fsp3) is 0.316. The first-order chi connectivity index (χ1) is 12.0. The molecule has 0 saturated carbocycles. The molecule has 3 rings (SSSR count). The summed E-state index contributed by atoms with van der Waals surface area (Å²) in [4.78, 5) is 16.6. The number of halogens is 2. The van der Waals surface area contributed by atoms with Crippen LogP contribution in [0.2, 0.25) is 5.02 Å². The van der Waals surface area contributed by atoms with Gasteiger partial charge in [0.1, 0.15) is 11.2 Å². The molecule has 2 aromatic rings. The predicted octanol–water partition coefficient (Wildman–Crippen LogP) is 4.19. The Balaban J connectivity index is 1.62. The molecule has 2 aromatic carbocycles. The van der Waals surface area contributed by atoms with Gasteiger partial charge in [-0.15, -0.1) is 11.8 Å². The molecule has 0 aromatic heterocycles. The Morgan fingerprint density at radius 1 is 1.32 bits per heavy atom. The van der Waals surface area contributed by atoms with E-state index in [1.807, 2.05) is 41.1 Å². The van der Waals surface area contributed by atoms with Crippen molar-refractivity contribution in [1.82, 2.24) is 9.80 Å². The number of hydrogen-bond acceptors (Lipinski definition) is 3. The van der Waals surface area contributed by atoms with Crippen LogP contribution in [0.3, 0.4) is 0 Å². The van der Waals surface area contributed by atoms with Gasteiger partial charge in [-0.3, -0.25) is 9.69 Å². The zero-order chi connectivity index (χ0) is 17.8. The zero-order valence-corrected chi connectivity index (χ0v) is 15.6. The lowest BCUT2D eigenvalue weighted by molar-refractivity contribution is -0.132. The van der Waals surface area contributed by atoms with Crippen LogP contribution in [0.25, 0.3) is 0 Å². The number of carbonyl (C=O) groups is 1. The van der Waals surface area contributed by atoms with E-state index in [1.54, 1.807) is 23.9 Å². The van der Waals surface area contributed by atoms with Crippen molar-refractivity contribution in [3.63, 3.8) is 0 Å². The fourth-order valence-electron chi connectivity index (χ4n) is 2.95. The van der Waals surface area contributed by atoms with Crippen LogP contribution in [0.5, 0.6) is 0 Å². The Morgan fingerprint density at radius 3 is 2.80 bits per heavy atom. The van der Waals surface area contributed by atoms with Crippen molar-refractivity contribution in [3.8, 4) is 0 Å². The molecule has 6 heteroatoms. The summed E-state index contributed by atoms with van der Waals surface area (Å²) in [6, 6.07) is 14.1. The number of amides is 1. The predicted molar refractivity (Wildman–Crippen MR) is 101 cm³/mol. The summed E-state index contributed by atoms with van der Waals surface area (Å²) in [6.45, 7) is 1.72. The average molecular weight is 379 g/mol. The standard InChI is InChI=1S/C19H20ClFN2OS/c1-22(12-14-3-2-4-16(20)11-14)13-18(24)23-9-10-25-19(23)15-5-7-17(21)8-6-15/h2-8,11,19H,9-10,12-13H2,1H3/t19-/m0/s1. The summed E-state index contributed by atoms with van der Waals surface area (Å²) < 4.78 is 13.1. The van der Waals surface area contributed by atoms with E-state index in [0.717, 1.165) is 23.4 Å². The lowest BCUT2D eigenvalue weighted by Gasteiger charge is -2.26. The number of thioether (sulfide) groups is 1. The second-order valence-corrected chi connectivity index (χ2v) is 7.79. The van der Waals surface area contributed by atoms with Gasteiger partial charge in [-0.2, -0.15) is 0 Å². The highest BCUT2D eigenvalue weighted by Gasteiger charge is 2.30. The topological polar surface area (TPSA) is 23.6 Å². The molecule has 0 N–H and O–H groups in total. The average Bonchev–Trinajstić information content (AvgIpc) is 3.05. The molecular formula is C19H20ClFN2OS. The minimum atomic E-state index is -0.258. The van der Waals surface area contributed by atoms with E-state index in [9.17, 15) is 9.18 Å². The lowest BCUT2D eigenvalue weighted by Crippen LogP contribution is -2.38. The number of nitrogens with zero attached hydrogens (tertiary/aromatic N) is 2. The van der Waals surface area contributed by atoms with Crippen LogP contribution in [0.4, 0.5) is 4.39 Å². The Hall–Kier alpha value is -1.56. The molecule has 3 nitrogen and oxygen atoms in total. The molecular weight excluding hydrogens is 359 g/mol. The van der Waals surface area contributed by atoms with E-state index in [-0.39, 0.29) is 17.1 Å². The van der Waals surface area contributed by atoms with Crippen molar-refractivity contribution >= 4 is 29.3 Å². The van der Waals surface area contributed by atoms with Crippen LogP contribution < -0.4 is 0 Å². The SMILES string of the molecule is CN(CC(=O)N1CCS[C@H]1c1ccc(F)cc1)Cc1cccc(Cl)c1. The highest BCUT2D eigenvalue weighted by Crippen LogP contribution is 2.37. The maximum Gasteiger partial charge on any atom is 0.237 e. The first-order valence-electron chi connectivity index (χ1n) is 8.12. The van der Waals surface area contributed by atoms with Gasteiger partial charge >= 0.3 is 0 Å². The number of carbonyl (C=O) groups excluding carboxylic acids is 1. The van der Waals surface area contributed by atoms with Crippen LogP contribution in [-0.2, 0) is 11.3 Å². The lowest BCUT2D eigenvalue weighted by atomic mass is 10.2. The van der Waals surface area contributed by atoms with E-state index in [0.29, 0.717) is 18.1 Å². The highest BCUT2D eigenvalue weighted by molar-refractivity contribution is 7.99. The molecule has 132 valence electrons. The van der Waals surface area contributed by atoms with Gasteiger partial charge in [0.15, 0.2) is 0 Å². The van der Waals surface area contributed by atoms with Gasteiger partial charge in [0, 0.05) is 23.9 Å². The molecule has 1 aliphatic rings. The van der Waals surface area contributed by atoms with Crippen molar-refractivity contribution in [2.45, 2.75) is 11.9 Å². The second kappa shape index (κ2) is 8.21. The minimum absolute atomic E-state index is 0.0346. The van der Waals surface area contributed by atoms with Gasteiger partial charge in [0.2, 0.25) is 5.91 Å². The maximum atomic E-state index is 13.1. The smallest absolute Gasteiger partial charge is 0.237 e. The van der Waals surface area contributed by atoms with Crippen LogP contribution >= 0.6 is 23.4 Å². The van der Waals surface area contributed by atoms with Crippen LogP contribution in [0, 0.1) is 5.82 Å². The number of benzene rings is 2. The molecule has 1 saturated heterocycles. The van der Waals surface area contributed by atoms with E-state index >= 15 is 0 Å². The monoisotopic (exact) mass is 378 g/mol. The summed E-state index contributed by atoms with van der Waals surface area (Å²) in [7, 11) is 1.93. The number of likely N-dealkylation sites (N-methyl/N-ethyl adjacent to an activating group) is 1. The van der Waals surface area contributed by atoms with Crippen molar-refractivity contribution < 1.29 is 9.18 Å². The summed E-state index contributed by atoms with van der Waals surface area (Å²) in [5.74, 6) is 0.723. The van der Waals surface area contributed by atoms with Gasteiger partial charge in [-0.25, -0.2) is 4.39 Å². The van der Waals surface area contributed by atoms with Crippen molar-refractivity contribution in [2.24, 2.45) is 0 Å². The third-order valence-corrected chi connectivity index (χ3v) is 5.61. The summed E-state index contributed by atoms with van der Waals surface area (Å²) >= 11 is 7.73. The van der Waals surface area contributed by atoms with E-state index < -0.39 is 0 Å². The van der Waals surface area contributed by atoms with Crippen molar-refractivity contribution in [2.75, 3.05) is 25.9 Å². The van der Waals surface area contributed by atoms with Gasteiger partial charge in [0.25, 0.3) is 0 Å². The third kappa shape index (κ3) is 4.75. The maximum absolute atomic E-state index is 13.1. The molecule has 1 amide bonds. The van der Waals surface area contributed by atoms with Crippen molar-refractivity contribution in [1.29, 1.82) is 0 Å². The Labute approximate surface area is 156 Å². The van der Waals surface area contributed by atoms with Gasteiger partial charge in [-0.1, -0.05) is 35.9 Å². The van der Waals surface area contributed by atoms with Crippen LogP contribution in [-0.4, -0.2) is 41.6 Å². The largest absolute Gasteiger partial charge is 0.325 e. The second-order valence-electron chi connectivity index (χ2n) is 6.16. The molecule has 1 aliphatic heterocycles. The zero-order valence-electron chi connectivity index (χ0n) is 14.0. The Bertz CT molecular complexity index is 740. The quantitative estimate of drug-likeness (QED) is 0.779. The highest BCUT2D eigenvalue weighted by atomic mass is 35.5. The molecule has 25 heavy (non-hydrogen) atoms. The van der Waals surface area contributed by atoms with E-state index in [1.165, 1.54) is 12.1 Å². The summed E-state index contributed by atoms with van der Waals surface area (Å²) in [6.07, 6.45) is 0. The van der Waals surface area contributed by atoms with Gasteiger partial charge in [-0.05, 0) is 42.4 Å². The van der Waals surface area contributed by atoms with E-state index in [4.69, 9.17) is 11.6 Å². The third-order valence-electron chi connectivity index (χ3n) is 4.11. The first-order valence-corrected chi connectivity index (χ1v) is 9.55. The molecule has 0 aliphatic carbocycles. The summed E-state index contributed by atoms with van der Waals surface area (Å²) in [5, 5.41) is 0.664. The molecule has 0 spiro atoms. The Kier molecular flexibility index (Phi) is 5.99. The number of rotatable bonds is 5.